The van der Waals surface area contributed by atoms with Crippen LogP contribution in [0.25, 0.3) is 0 Å². The number of likely N-dealkylation sites (tertiary alicyclic amines) is 1. The first kappa shape index (κ1) is 24.4. The van der Waals surface area contributed by atoms with E-state index < -0.39 is 21.7 Å². The second-order valence-electron chi connectivity index (χ2n) is 8.26. The normalized spacial score (nSPS) is 19.4. The zero-order valence-corrected chi connectivity index (χ0v) is 19.7. The number of amides is 3. The highest BCUT2D eigenvalue weighted by molar-refractivity contribution is 7.92. The molecule has 0 spiro atoms. The lowest BCUT2D eigenvalue weighted by molar-refractivity contribution is -0.140. The number of allylic oxidation sites excluding steroid dienone is 2. The Morgan fingerprint density at radius 3 is 2.29 bits per heavy atom. The summed E-state index contributed by atoms with van der Waals surface area (Å²) in [5, 5.41) is 2.64. The van der Waals surface area contributed by atoms with Crippen molar-refractivity contribution in [2.45, 2.75) is 24.2 Å². The summed E-state index contributed by atoms with van der Waals surface area (Å²) in [5.41, 5.74) is 0.348. The van der Waals surface area contributed by atoms with Gasteiger partial charge in [0.25, 0.3) is 10.0 Å². The number of methoxy groups -OCH3 is 1. The molecule has 1 saturated heterocycles. The van der Waals surface area contributed by atoms with Gasteiger partial charge in [0, 0.05) is 18.7 Å². The molecule has 2 N–H and O–H groups in total. The number of carbonyl (C=O) groups excluding carboxylic acids is 3. The van der Waals surface area contributed by atoms with E-state index in [4.69, 9.17) is 4.74 Å². The number of hydrogen-bond donors (Lipinski definition) is 2. The largest absolute Gasteiger partial charge is 0.495 e. The number of carbonyl (C=O) groups is 3. The summed E-state index contributed by atoms with van der Waals surface area (Å²) in [6.07, 6.45) is 4.75. The van der Waals surface area contributed by atoms with Gasteiger partial charge in [-0.2, -0.15) is 0 Å². The number of sulfonamides is 1. The lowest BCUT2D eigenvalue weighted by Crippen LogP contribution is -2.34. The van der Waals surface area contributed by atoms with Crippen molar-refractivity contribution in [3.8, 4) is 5.75 Å². The third-order valence-electron chi connectivity index (χ3n) is 6.01. The van der Waals surface area contributed by atoms with Crippen molar-refractivity contribution in [2.75, 3.05) is 23.7 Å². The molecule has 0 radical (unpaired) electrons. The summed E-state index contributed by atoms with van der Waals surface area (Å²) in [6, 6.07) is 8.70. The van der Waals surface area contributed by atoms with E-state index in [1.807, 2.05) is 12.2 Å². The van der Waals surface area contributed by atoms with E-state index in [0.717, 1.165) is 29.2 Å². The predicted octanol–water partition coefficient (Wildman–Crippen LogP) is 2.91. The SMILES string of the molecule is COc1ccc(NC(=O)CCN2C(=O)[C@H]3CC=CC[C@H]3C2=O)cc1NS(=O)(=O)c1ccc(F)cc1. The fourth-order valence-electron chi connectivity index (χ4n) is 4.21. The highest BCUT2D eigenvalue weighted by atomic mass is 32.2. The fraction of sp³-hybridized carbons (Fsp3) is 0.292. The molecule has 9 nitrogen and oxygen atoms in total. The maximum Gasteiger partial charge on any atom is 0.262 e. The zero-order valence-electron chi connectivity index (χ0n) is 18.9. The topological polar surface area (TPSA) is 122 Å². The van der Waals surface area contributed by atoms with Crippen molar-refractivity contribution in [2.24, 2.45) is 11.8 Å². The Balaban J connectivity index is 1.42. The monoisotopic (exact) mass is 501 g/mol. The van der Waals surface area contributed by atoms with E-state index in [9.17, 15) is 27.2 Å². The molecule has 3 amide bonds. The molecule has 2 aliphatic rings. The van der Waals surface area contributed by atoms with Crippen molar-refractivity contribution in [1.82, 2.24) is 4.90 Å². The van der Waals surface area contributed by atoms with Crippen molar-refractivity contribution in [1.29, 1.82) is 0 Å². The molecule has 1 aliphatic carbocycles. The van der Waals surface area contributed by atoms with Gasteiger partial charge < -0.3 is 10.1 Å². The van der Waals surface area contributed by atoms with E-state index in [-0.39, 0.29) is 58.6 Å². The van der Waals surface area contributed by atoms with Gasteiger partial charge in [0.05, 0.1) is 29.5 Å². The molecule has 4 rings (SSSR count). The second kappa shape index (κ2) is 9.87. The molecule has 2 atom stereocenters. The van der Waals surface area contributed by atoms with Gasteiger partial charge in [0.2, 0.25) is 17.7 Å². The average molecular weight is 502 g/mol. The molecular weight excluding hydrogens is 477 g/mol. The smallest absolute Gasteiger partial charge is 0.262 e. The van der Waals surface area contributed by atoms with Crippen LogP contribution in [-0.4, -0.2) is 44.7 Å². The van der Waals surface area contributed by atoms with Gasteiger partial charge in [-0.15, -0.1) is 0 Å². The highest BCUT2D eigenvalue weighted by Gasteiger charge is 2.46. The van der Waals surface area contributed by atoms with Gasteiger partial charge in [0.15, 0.2) is 0 Å². The summed E-state index contributed by atoms with van der Waals surface area (Å²) in [4.78, 5) is 38.6. The Bertz CT molecular complexity index is 1270. The van der Waals surface area contributed by atoms with E-state index in [2.05, 4.69) is 10.0 Å². The molecule has 184 valence electrons. The molecular formula is C24H24FN3O6S. The van der Waals surface area contributed by atoms with Crippen LogP contribution in [0.5, 0.6) is 5.75 Å². The maximum absolute atomic E-state index is 13.2. The van der Waals surface area contributed by atoms with E-state index in [1.54, 1.807) is 0 Å². The summed E-state index contributed by atoms with van der Waals surface area (Å²) < 4.78 is 46.1. The Labute approximate surface area is 202 Å². The van der Waals surface area contributed by atoms with E-state index in [0.29, 0.717) is 12.8 Å². The van der Waals surface area contributed by atoms with E-state index in [1.165, 1.54) is 25.3 Å². The molecule has 0 aromatic heterocycles. The highest BCUT2D eigenvalue weighted by Crippen LogP contribution is 2.35. The third-order valence-corrected chi connectivity index (χ3v) is 7.39. The van der Waals surface area contributed by atoms with Gasteiger partial charge in [-0.05, 0) is 55.3 Å². The number of imide groups is 1. The summed E-state index contributed by atoms with van der Waals surface area (Å²) in [7, 11) is -2.69. The molecule has 11 heteroatoms. The molecule has 1 heterocycles. The molecule has 1 aliphatic heterocycles. The Hall–Kier alpha value is -3.73. The number of halogens is 1. The van der Waals surface area contributed by atoms with Gasteiger partial charge >= 0.3 is 0 Å². The lowest BCUT2D eigenvalue weighted by Gasteiger charge is -2.16. The van der Waals surface area contributed by atoms with Gasteiger partial charge in [-0.3, -0.25) is 24.0 Å². The van der Waals surface area contributed by atoms with Crippen LogP contribution in [0.3, 0.4) is 0 Å². The van der Waals surface area contributed by atoms with Gasteiger partial charge in [-0.1, -0.05) is 12.2 Å². The molecule has 0 unspecified atom stereocenters. The number of hydrogen-bond acceptors (Lipinski definition) is 6. The van der Waals surface area contributed by atoms with Crippen LogP contribution in [0.2, 0.25) is 0 Å². The predicted molar refractivity (Wildman–Crippen MR) is 126 cm³/mol. The maximum atomic E-state index is 13.2. The van der Waals surface area contributed by atoms with Crippen LogP contribution in [0.15, 0.2) is 59.5 Å². The van der Waals surface area contributed by atoms with Crippen molar-refractivity contribution < 1.29 is 31.9 Å². The van der Waals surface area contributed by atoms with E-state index >= 15 is 0 Å². The molecule has 2 aromatic carbocycles. The van der Waals surface area contributed by atoms with Gasteiger partial charge in [-0.25, -0.2) is 12.8 Å². The van der Waals surface area contributed by atoms with Crippen LogP contribution in [0.4, 0.5) is 15.8 Å². The molecule has 35 heavy (non-hydrogen) atoms. The number of ether oxygens (including phenoxy) is 1. The van der Waals surface area contributed by atoms with Crippen LogP contribution in [-0.2, 0) is 24.4 Å². The van der Waals surface area contributed by atoms with Crippen molar-refractivity contribution >= 4 is 39.1 Å². The molecule has 1 fully saturated rings. The van der Waals surface area contributed by atoms with Crippen LogP contribution < -0.4 is 14.8 Å². The lowest BCUT2D eigenvalue weighted by atomic mass is 9.85. The molecule has 0 saturated carbocycles. The first-order valence-electron chi connectivity index (χ1n) is 11.0. The van der Waals surface area contributed by atoms with Gasteiger partial charge in [0.1, 0.15) is 11.6 Å². The van der Waals surface area contributed by atoms with Crippen molar-refractivity contribution in [3.05, 3.63) is 60.4 Å². The number of nitrogens with zero attached hydrogens (tertiary/aromatic N) is 1. The summed E-state index contributed by atoms with van der Waals surface area (Å²) in [6.45, 7) is -0.0310. The van der Waals surface area contributed by atoms with Crippen LogP contribution >= 0.6 is 0 Å². The Morgan fingerprint density at radius 2 is 1.69 bits per heavy atom. The number of benzene rings is 2. The number of fused-ring (bicyclic) bond motifs is 1. The fourth-order valence-corrected chi connectivity index (χ4v) is 5.27. The van der Waals surface area contributed by atoms with Crippen molar-refractivity contribution in [3.63, 3.8) is 0 Å². The van der Waals surface area contributed by atoms with Crippen LogP contribution in [0, 0.1) is 17.7 Å². The minimum atomic E-state index is -4.05. The average Bonchev–Trinajstić information content (AvgIpc) is 3.07. The number of nitrogens with one attached hydrogen (secondary N) is 2. The first-order valence-corrected chi connectivity index (χ1v) is 12.4. The third kappa shape index (κ3) is 5.19. The quantitative estimate of drug-likeness (QED) is 0.424. The standard InChI is InChI=1S/C24H24FN3O6S/c1-34-21-11-8-16(14-20(21)27-35(32,33)17-9-6-15(25)7-10-17)26-22(29)12-13-28-23(30)18-4-2-3-5-19(18)24(28)31/h2-3,6-11,14,18-19,27H,4-5,12-13H2,1H3,(H,26,29)/t18-,19+. The molecule has 0 bridgehead atoms. The molecule has 2 aromatic rings. The Morgan fingerprint density at radius 1 is 1.06 bits per heavy atom. The summed E-state index contributed by atoms with van der Waals surface area (Å²) >= 11 is 0. The minimum Gasteiger partial charge on any atom is -0.495 e. The zero-order chi connectivity index (χ0) is 25.2. The second-order valence-corrected chi connectivity index (χ2v) is 9.94. The minimum absolute atomic E-state index is 0.0310. The number of rotatable bonds is 8. The van der Waals surface area contributed by atoms with Crippen LogP contribution in [0.1, 0.15) is 19.3 Å². The first-order chi connectivity index (χ1) is 16.7. The Kier molecular flexibility index (Phi) is 6.88. The summed E-state index contributed by atoms with van der Waals surface area (Å²) in [5.74, 6) is -2.02. The number of anilines is 2.